The van der Waals surface area contributed by atoms with Crippen LogP contribution >= 0.6 is 11.6 Å². The van der Waals surface area contributed by atoms with Crippen molar-refractivity contribution in [1.82, 2.24) is 0 Å². The van der Waals surface area contributed by atoms with Gasteiger partial charge in [0, 0.05) is 18.4 Å². The normalized spacial score (nSPS) is 21.4. The summed E-state index contributed by atoms with van der Waals surface area (Å²) >= 11 is 6.17. The van der Waals surface area contributed by atoms with Crippen molar-refractivity contribution in [2.45, 2.75) is 39.5 Å². The van der Waals surface area contributed by atoms with Crippen molar-refractivity contribution in [2.24, 2.45) is 11.1 Å². The van der Waals surface area contributed by atoms with Gasteiger partial charge in [-0.15, -0.1) is 0 Å². The first-order chi connectivity index (χ1) is 12.7. The minimum atomic E-state index is -0.709. The van der Waals surface area contributed by atoms with E-state index in [2.05, 4.69) is 6.07 Å². The van der Waals surface area contributed by atoms with Crippen LogP contribution in [0.25, 0.3) is 0 Å². The molecule has 1 aromatic rings. The van der Waals surface area contributed by atoms with Gasteiger partial charge in [-0.3, -0.25) is 4.79 Å². The minimum absolute atomic E-state index is 0.0195. The van der Waals surface area contributed by atoms with Gasteiger partial charge in [-0.05, 0) is 30.0 Å². The molecule has 1 heterocycles. The zero-order valence-corrected chi connectivity index (χ0v) is 16.2. The van der Waals surface area contributed by atoms with E-state index >= 15 is 0 Å². The van der Waals surface area contributed by atoms with Gasteiger partial charge in [-0.2, -0.15) is 5.26 Å². The molecule has 6 nitrogen and oxygen atoms in total. The average molecular weight is 389 g/mol. The standard InChI is InChI=1S/C20H21ClN2O4/c1-4-26-14-6-10(5-12(21)18(14)25)16-11(9-22)19(23)27-15-8-20(2,3)7-13(24)17(15)16/h5-6,16,25H,4,7-8,23H2,1-3H3/t16-/m0/s1. The smallest absolute Gasteiger partial charge is 0.205 e. The maximum Gasteiger partial charge on any atom is 0.205 e. The molecular formula is C20H21ClN2O4. The Morgan fingerprint density at radius 3 is 2.78 bits per heavy atom. The van der Waals surface area contributed by atoms with Crippen LogP contribution in [0.15, 0.2) is 34.9 Å². The number of hydrogen-bond donors (Lipinski definition) is 2. The molecule has 0 radical (unpaired) electrons. The molecule has 0 bridgehead atoms. The van der Waals surface area contributed by atoms with Gasteiger partial charge in [-0.1, -0.05) is 25.4 Å². The number of rotatable bonds is 3. The molecule has 1 aromatic carbocycles. The zero-order chi connectivity index (χ0) is 19.9. The van der Waals surface area contributed by atoms with Crippen LogP contribution in [0.1, 0.15) is 45.1 Å². The highest BCUT2D eigenvalue weighted by Gasteiger charge is 2.43. The average Bonchev–Trinajstić information content (AvgIpc) is 2.56. The lowest BCUT2D eigenvalue weighted by Gasteiger charge is -2.37. The van der Waals surface area contributed by atoms with E-state index in [4.69, 9.17) is 26.8 Å². The molecule has 27 heavy (non-hydrogen) atoms. The first-order valence-corrected chi connectivity index (χ1v) is 9.05. The maximum absolute atomic E-state index is 12.9. The molecule has 1 aliphatic heterocycles. The summed E-state index contributed by atoms with van der Waals surface area (Å²) in [6.45, 7) is 6.07. The quantitative estimate of drug-likeness (QED) is 0.813. The zero-order valence-electron chi connectivity index (χ0n) is 15.4. The van der Waals surface area contributed by atoms with Crippen molar-refractivity contribution in [3.63, 3.8) is 0 Å². The largest absolute Gasteiger partial charge is 0.503 e. The second kappa shape index (κ2) is 6.82. The van der Waals surface area contributed by atoms with Crippen LogP contribution < -0.4 is 10.5 Å². The number of carbonyl (C=O) groups excluding carboxylic acids is 1. The van der Waals surface area contributed by atoms with Crippen molar-refractivity contribution < 1.29 is 19.4 Å². The van der Waals surface area contributed by atoms with Crippen molar-refractivity contribution >= 4 is 17.4 Å². The fourth-order valence-corrected chi connectivity index (χ4v) is 3.86. The molecule has 142 valence electrons. The number of phenolic OH excluding ortho intramolecular Hbond substituents is 1. The fourth-order valence-electron chi connectivity index (χ4n) is 3.64. The second-order valence-electron chi connectivity index (χ2n) is 7.49. The van der Waals surface area contributed by atoms with Gasteiger partial charge in [0.15, 0.2) is 17.3 Å². The van der Waals surface area contributed by atoms with Crippen LogP contribution in [-0.2, 0) is 9.53 Å². The van der Waals surface area contributed by atoms with E-state index in [1.807, 2.05) is 13.8 Å². The van der Waals surface area contributed by atoms with Crippen molar-refractivity contribution in [3.8, 4) is 17.6 Å². The Balaban J connectivity index is 2.22. The van der Waals surface area contributed by atoms with E-state index in [0.717, 1.165) is 0 Å². The summed E-state index contributed by atoms with van der Waals surface area (Å²) in [5.41, 5.74) is 6.85. The number of phenols is 1. The van der Waals surface area contributed by atoms with Crippen LogP contribution in [0.2, 0.25) is 5.02 Å². The first kappa shape index (κ1) is 19.1. The number of halogens is 1. The Morgan fingerprint density at radius 2 is 2.15 bits per heavy atom. The molecule has 0 amide bonds. The Hall–Kier alpha value is -2.65. The number of nitriles is 1. The number of allylic oxidation sites excluding steroid dienone is 3. The highest BCUT2D eigenvalue weighted by molar-refractivity contribution is 6.32. The van der Waals surface area contributed by atoms with Crippen LogP contribution in [0, 0.1) is 16.7 Å². The number of Topliss-reactive ketones (excluding diaryl/α,β-unsaturated/α-hetero) is 1. The summed E-state index contributed by atoms with van der Waals surface area (Å²) in [6.07, 6.45) is 0.878. The lowest BCUT2D eigenvalue weighted by atomic mass is 9.70. The summed E-state index contributed by atoms with van der Waals surface area (Å²) in [5.74, 6) is -0.328. The van der Waals surface area contributed by atoms with Gasteiger partial charge < -0.3 is 20.3 Å². The Morgan fingerprint density at radius 1 is 1.44 bits per heavy atom. The summed E-state index contributed by atoms with van der Waals surface area (Å²) < 4.78 is 11.1. The van der Waals surface area contributed by atoms with E-state index in [1.165, 1.54) is 6.07 Å². The van der Waals surface area contributed by atoms with Crippen molar-refractivity contribution in [3.05, 3.63) is 45.5 Å². The van der Waals surface area contributed by atoms with Crippen molar-refractivity contribution in [2.75, 3.05) is 6.61 Å². The van der Waals surface area contributed by atoms with Gasteiger partial charge in [0.25, 0.3) is 0 Å². The van der Waals surface area contributed by atoms with Crippen LogP contribution in [0.5, 0.6) is 11.5 Å². The number of hydrogen-bond acceptors (Lipinski definition) is 6. The van der Waals surface area contributed by atoms with E-state index in [9.17, 15) is 15.2 Å². The maximum atomic E-state index is 12.9. The molecule has 2 aliphatic rings. The van der Waals surface area contributed by atoms with E-state index in [-0.39, 0.29) is 39.2 Å². The summed E-state index contributed by atoms with van der Waals surface area (Å²) in [6, 6.07) is 5.17. The number of nitrogens with zero attached hydrogens (tertiary/aromatic N) is 1. The minimum Gasteiger partial charge on any atom is -0.503 e. The summed E-state index contributed by atoms with van der Waals surface area (Å²) in [7, 11) is 0. The monoisotopic (exact) mass is 388 g/mol. The predicted molar refractivity (Wildman–Crippen MR) is 100.0 cm³/mol. The number of nitrogens with two attached hydrogens (primary N) is 1. The number of ether oxygens (including phenoxy) is 2. The molecule has 7 heteroatoms. The Labute approximate surface area is 162 Å². The molecule has 1 aliphatic carbocycles. The third-order valence-electron chi connectivity index (χ3n) is 4.76. The van der Waals surface area contributed by atoms with Gasteiger partial charge in [-0.25, -0.2) is 0 Å². The second-order valence-corrected chi connectivity index (χ2v) is 7.89. The van der Waals surface area contributed by atoms with Crippen molar-refractivity contribution in [1.29, 1.82) is 5.26 Å². The molecule has 0 saturated heterocycles. The van der Waals surface area contributed by atoms with Gasteiger partial charge in [0.2, 0.25) is 5.88 Å². The van der Waals surface area contributed by atoms with Crippen LogP contribution in [0.4, 0.5) is 0 Å². The molecule has 0 unspecified atom stereocenters. The molecule has 0 fully saturated rings. The summed E-state index contributed by atoms with van der Waals surface area (Å²) in [5, 5.41) is 19.8. The third-order valence-corrected chi connectivity index (χ3v) is 5.05. The summed E-state index contributed by atoms with van der Waals surface area (Å²) in [4.78, 5) is 12.9. The number of carbonyl (C=O) groups is 1. The third kappa shape index (κ3) is 3.35. The molecule has 1 atom stereocenters. The lowest BCUT2D eigenvalue weighted by molar-refractivity contribution is -0.119. The Bertz CT molecular complexity index is 925. The number of benzene rings is 1. The topological polar surface area (TPSA) is 106 Å². The van der Waals surface area contributed by atoms with Gasteiger partial charge in [0.05, 0.1) is 17.5 Å². The SMILES string of the molecule is CCOc1cc([C@H]2C(C#N)=C(N)OC3=C2C(=O)CC(C)(C)C3)cc(Cl)c1O. The molecule has 0 aromatic heterocycles. The van der Waals surface area contributed by atoms with Crippen LogP contribution in [0.3, 0.4) is 0 Å². The fraction of sp³-hybridized carbons (Fsp3) is 0.400. The predicted octanol–water partition coefficient (Wildman–Crippen LogP) is 3.90. The molecule has 3 rings (SSSR count). The van der Waals surface area contributed by atoms with Gasteiger partial charge in [0.1, 0.15) is 17.4 Å². The highest BCUT2D eigenvalue weighted by Crippen LogP contribution is 2.49. The van der Waals surface area contributed by atoms with E-state index in [0.29, 0.717) is 36.3 Å². The highest BCUT2D eigenvalue weighted by atomic mass is 35.5. The van der Waals surface area contributed by atoms with Crippen LogP contribution in [-0.4, -0.2) is 17.5 Å². The molecule has 3 N–H and O–H groups in total. The molecule has 0 saturated carbocycles. The first-order valence-electron chi connectivity index (χ1n) is 8.67. The van der Waals surface area contributed by atoms with E-state index < -0.39 is 5.92 Å². The number of ketones is 1. The van der Waals surface area contributed by atoms with E-state index in [1.54, 1.807) is 13.0 Å². The lowest BCUT2D eigenvalue weighted by Crippen LogP contribution is -2.33. The Kier molecular flexibility index (Phi) is 4.83. The molecular weight excluding hydrogens is 368 g/mol. The molecule has 0 spiro atoms. The number of aromatic hydroxyl groups is 1. The van der Waals surface area contributed by atoms with Gasteiger partial charge >= 0.3 is 0 Å².